The molecule has 144 valence electrons. The van der Waals surface area contributed by atoms with Gasteiger partial charge in [0.25, 0.3) is 5.91 Å². The number of ether oxygens (including phenoxy) is 2. The lowest BCUT2D eigenvalue weighted by Crippen LogP contribution is -2.12. The van der Waals surface area contributed by atoms with Crippen molar-refractivity contribution in [2.24, 2.45) is 0 Å². The fourth-order valence-corrected chi connectivity index (χ4v) is 3.22. The van der Waals surface area contributed by atoms with E-state index < -0.39 is 0 Å². The first-order valence-corrected chi connectivity index (χ1v) is 9.09. The molecule has 1 saturated carbocycles. The SMILES string of the molecule is COc1cc(C(=O)Nc2cccc(-c3nnnn3C3CC3)c2)cc(Cl)c1OC. The lowest BCUT2D eigenvalue weighted by molar-refractivity contribution is 0.102. The molecular weight excluding hydrogens is 382 g/mol. The number of aromatic nitrogens is 4. The van der Waals surface area contributed by atoms with Crippen LogP contribution in [0.5, 0.6) is 11.5 Å². The topological polar surface area (TPSA) is 91.2 Å². The van der Waals surface area contributed by atoms with Crippen molar-refractivity contribution in [1.29, 1.82) is 0 Å². The molecule has 0 saturated heterocycles. The summed E-state index contributed by atoms with van der Waals surface area (Å²) in [6.07, 6.45) is 2.16. The molecule has 0 bridgehead atoms. The fraction of sp³-hybridized carbons (Fsp3) is 0.263. The number of benzene rings is 2. The number of amides is 1. The molecule has 1 heterocycles. The third-order valence-corrected chi connectivity index (χ3v) is 4.74. The second-order valence-electron chi connectivity index (χ2n) is 6.41. The molecule has 1 aliphatic rings. The lowest BCUT2D eigenvalue weighted by Gasteiger charge is -2.12. The summed E-state index contributed by atoms with van der Waals surface area (Å²) in [7, 11) is 2.98. The Hall–Kier alpha value is -3.13. The molecule has 3 aromatic rings. The summed E-state index contributed by atoms with van der Waals surface area (Å²) in [5, 5.41) is 15.1. The predicted octanol–water partition coefficient (Wildman–Crippen LogP) is 3.60. The number of halogens is 1. The van der Waals surface area contributed by atoms with E-state index in [-0.39, 0.29) is 5.91 Å². The Bertz CT molecular complexity index is 1030. The highest BCUT2D eigenvalue weighted by Crippen LogP contribution is 2.37. The normalized spacial score (nSPS) is 13.2. The van der Waals surface area contributed by atoms with Crippen LogP contribution in [-0.4, -0.2) is 40.3 Å². The van der Waals surface area contributed by atoms with Crippen LogP contribution in [0.15, 0.2) is 36.4 Å². The molecule has 0 unspecified atom stereocenters. The van der Waals surface area contributed by atoms with Gasteiger partial charge in [-0.3, -0.25) is 4.79 Å². The van der Waals surface area contributed by atoms with E-state index in [1.165, 1.54) is 20.3 Å². The zero-order valence-corrected chi connectivity index (χ0v) is 16.1. The van der Waals surface area contributed by atoms with Crippen molar-refractivity contribution in [1.82, 2.24) is 20.2 Å². The van der Waals surface area contributed by atoms with Crippen LogP contribution in [0.1, 0.15) is 29.2 Å². The van der Waals surface area contributed by atoms with Gasteiger partial charge in [0.1, 0.15) is 0 Å². The summed E-state index contributed by atoms with van der Waals surface area (Å²) in [5.74, 6) is 1.14. The highest BCUT2D eigenvalue weighted by Gasteiger charge is 2.28. The maximum atomic E-state index is 12.7. The number of tetrazole rings is 1. The Labute approximate surface area is 166 Å². The summed E-state index contributed by atoms with van der Waals surface area (Å²) in [6, 6.07) is 10.9. The zero-order chi connectivity index (χ0) is 19.7. The average molecular weight is 400 g/mol. The molecular formula is C19H18ClN5O3. The monoisotopic (exact) mass is 399 g/mol. The van der Waals surface area contributed by atoms with Crippen molar-refractivity contribution >= 4 is 23.2 Å². The molecule has 4 rings (SSSR count). The minimum Gasteiger partial charge on any atom is -0.493 e. The van der Waals surface area contributed by atoms with E-state index in [4.69, 9.17) is 21.1 Å². The quantitative estimate of drug-likeness (QED) is 0.681. The molecule has 1 aromatic heterocycles. The largest absolute Gasteiger partial charge is 0.493 e. The van der Waals surface area contributed by atoms with Crippen LogP contribution in [0.25, 0.3) is 11.4 Å². The van der Waals surface area contributed by atoms with Crippen LogP contribution in [-0.2, 0) is 0 Å². The Morgan fingerprint density at radius 2 is 2.04 bits per heavy atom. The standard InChI is InChI=1S/C19H18ClN5O3/c1-27-16-10-12(9-15(20)17(16)28-2)19(26)21-13-5-3-4-11(8-13)18-22-23-24-25(18)14-6-7-14/h3-5,8-10,14H,6-7H2,1-2H3,(H,21,26). The maximum absolute atomic E-state index is 12.7. The predicted molar refractivity (Wildman–Crippen MR) is 104 cm³/mol. The average Bonchev–Trinajstić information content (AvgIpc) is 3.43. The van der Waals surface area contributed by atoms with Crippen LogP contribution in [0, 0.1) is 0 Å². The molecule has 0 radical (unpaired) electrons. The Morgan fingerprint density at radius 3 is 2.75 bits per heavy atom. The molecule has 0 spiro atoms. The molecule has 0 atom stereocenters. The summed E-state index contributed by atoms with van der Waals surface area (Å²) >= 11 is 6.20. The van der Waals surface area contributed by atoms with Gasteiger partial charge in [0, 0.05) is 16.8 Å². The molecule has 1 aliphatic carbocycles. The summed E-state index contributed by atoms with van der Waals surface area (Å²) in [4.78, 5) is 12.7. The number of carbonyl (C=O) groups excluding carboxylic acids is 1. The summed E-state index contributed by atoms with van der Waals surface area (Å²) < 4.78 is 12.3. The molecule has 8 nitrogen and oxygen atoms in total. The first kappa shape index (κ1) is 18.2. The van der Waals surface area contributed by atoms with Crippen molar-refractivity contribution < 1.29 is 14.3 Å². The number of rotatable bonds is 6. The van der Waals surface area contributed by atoms with E-state index in [2.05, 4.69) is 20.8 Å². The number of nitrogens with one attached hydrogen (secondary N) is 1. The van der Waals surface area contributed by atoms with Crippen LogP contribution < -0.4 is 14.8 Å². The first-order chi connectivity index (χ1) is 13.6. The molecule has 0 aliphatic heterocycles. The molecule has 1 N–H and O–H groups in total. The third kappa shape index (κ3) is 3.50. The number of hydrogen-bond donors (Lipinski definition) is 1. The second-order valence-corrected chi connectivity index (χ2v) is 6.81. The second kappa shape index (κ2) is 7.47. The molecule has 1 fully saturated rings. The highest BCUT2D eigenvalue weighted by atomic mass is 35.5. The van der Waals surface area contributed by atoms with Crippen LogP contribution >= 0.6 is 11.6 Å². The van der Waals surface area contributed by atoms with E-state index in [0.717, 1.165) is 18.4 Å². The fourth-order valence-electron chi connectivity index (χ4n) is 2.94. The number of methoxy groups -OCH3 is 2. The minimum atomic E-state index is -0.318. The van der Waals surface area contributed by atoms with Crippen LogP contribution in [0.3, 0.4) is 0 Å². The lowest BCUT2D eigenvalue weighted by atomic mass is 10.1. The van der Waals surface area contributed by atoms with Crippen LogP contribution in [0.4, 0.5) is 5.69 Å². The van der Waals surface area contributed by atoms with Gasteiger partial charge in [-0.05, 0) is 47.5 Å². The molecule has 1 amide bonds. The first-order valence-electron chi connectivity index (χ1n) is 8.72. The van der Waals surface area contributed by atoms with Gasteiger partial charge in [-0.15, -0.1) is 5.10 Å². The third-order valence-electron chi connectivity index (χ3n) is 4.46. The van der Waals surface area contributed by atoms with Crippen molar-refractivity contribution in [3.05, 3.63) is 47.0 Å². The van der Waals surface area contributed by atoms with E-state index in [1.807, 2.05) is 22.9 Å². The number of hydrogen-bond acceptors (Lipinski definition) is 6. The van der Waals surface area contributed by atoms with Gasteiger partial charge in [-0.1, -0.05) is 23.7 Å². The zero-order valence-electron chi connectivity index (χ0n) is 15.3. The highest BCUT2D eigenvalue weighted by molar-refractivity contribution is 6.32. The van der Waals surface area contributed by atoms with Crippen LogP contribution in [0.2, 0.25) is 5.02 Å². The molecule has 2 aromatic carbocycles. The summed E-state index contributed by atoms with van der Waals surface area (Å²) in [6.45, 7) is 0. The van der Waals surface area contributed by atoms with Gasteiger partial charge in [0.05, 0.1) is 25.3 Å². The Balaban J connectivity index is 1.59. The van der Waals surface area contributed by atoms with E-state index in [9.17, 15) is 4.79 Å². The van der Waals surface area contributed by atoms with E-state index in [1.54, 1.807) is 12.1 Å². The minimum absolute atomic E-state index is 0.296. The van der Waals surface area contributed by atoms with Gasteiger partial charge < -0.3 is 14.8 Å². The Kier molecular flexibility index (Phi) is 4.87. The number of anilines is 1. The maximum Gasteiger partial charge on any atom is 0.255 e. The van der Waals surface area contributed by atoms with E-state index >= 15 is 0 Å². The summed E-state index contributed by atoms with van der Waals surface area (Å²) in [5.41, 5.74) is 1.81. The van der Waals surface area contributed by atoms with Gasteiger partial charge >= 0.3 is 0 Å². The van der Waals surface area contributed by atoms with Crippen molar-refractivity contribution in [3.63, 3.8) is 0 Å². The van der Waals surface area contributed by atoms with Gasteiger partial charge in [-0.2, -0.15) is 0 Å². The van der Waals surface area contributed by atoms with Crippen molar-refractivity contribution in [2.75, 3.05) is 19.5 Å². The number of nitrogens with zero attached hydrogens (tertiary/aromatic N) is 4. The van der Waals surface area contributed by atoms with Gasteiger partial charge in [-0.25, -0.2) is 4.68 Å². The van der Waals surface area contributed by atoms with E-state index in [0.29, 0.717) is 39.6 Å². The van der Waals surface area contributed by atoms with Crippen molar-refractivity contribution in [3.8, 4) is 22.9 Å². The van der Waals surface area contributed by atoms with Crippen molar-refractivity contribution in [2.45, 2.75) is 18.9 Å². The van der Waals surface area contributed by atoms with Gasteiger partial charge in [0.2, 0.25) is 0 Å². The van der Waals surface area contributed by atoms with Gasteiger partial charge in [0.15, 0.2) is 17.3 Å². The molecule has 28 heavy (non-hydrogen) atoms. The number of carbonyl (C=O) groups is 1. The Morgan fingerprint density at radius 1 is 1.21 bits per heavy atom. The molecule has 9 heteroatoms. The smallest absolute Gasteiger partial charge is 0.255 e.